The quantitative estimate of drug-likeness (QED) is 0.749. The second-order valence-electron chi connectivity index (χ2n) is 6.12. The van der Waals surface area contributed by atoms with Crippen molar-refractivity contribution in [3.05, 3.63) is 53.1 Å². The molecule has 0 radical (unpaired) electrons. The molecule has 3 rings (SSSR count). The molecule has 0 fully saturated rings. The van der Waals surface area contributed by atoms with Crippen molar-refractivity contribution in [2.24, 2.45) is 0 Å². The number of nitrogens with one attached hydrogen (secondary N) is 1. The molecule has 0 saturated heterocycles. The van der Waals surface area contributed by atoms with Gasteiger partial charge >= 0.3 is 0 Å². The van der Waals surface area contributed by atoms with Crippen LogP contribution in [0.4, 0.5) is 0 Å². The van der Waals surface area contributed by atoms with Gasteiger partial charge in [-0.25, -0.2) is 14.6 Å². The van der Waals surface area contributed by atoms with Crippen LogP contribution >= 0.6 is 0 Å². The van der Waals surface area contributed by atoms with Crippen LogP contribution in [-0.2, 0) is 11.3 Å². The first-order chi connectivity index (χ1) is 12.0. The Morgan fingerprint density at radius 2 is 2.08 bits per heavy atom. The number of carbonyl (C=O) groups is 1. The van der Waals surface area contributed by atoms with Gasteiger partial charge in [0.1, 0.15) is 19.2 Å². The van der Waals surface area contributed by atoms with E-state index in [1.807, 2.05) is 32.9 Å². The van der Waals surface area contributed by atoms with Crippen molar-refractivity contribution in [2.45, 2.75) is 39.4 Å². The first kappa shape index (κ1) is 16.8. The zero-order valence-corrected chi connectivity index (χ0v) is 14.4. The number of hydrogen-bond donors (Lipinski definition) is 1. The predicted octanol–water partition coefficient (Wildman–Crippen LogP) is 1.06. The van der Waals surface area contributed by atoms with Gasteiger partial charge in [0.2, 0.25) is 5.91 Å². The van der Waals surface area contributed by atoms with Crippen LogP contribution in [0.2, 0.25) is 0 Å². The summed E-state index contributed by atoms with van der Waals surface area (Å²) in [5, 5.41) is 7.48. The van der Waals surface area contributed by atoms with E-state index in [1.165, 1.54) is 17.2 Å². The molecule has 1 amide bonds. The number of nitrogens with zero attached hydrogens (tertiary/aromatic N) is 5. The van der Waals surface area contributed by atoms with Gasteiger partial charge < -0.3 is 5.32 Å². The van der Waals surface area contributed by atoms with Gasteiger partial charge in [-0.2, -0.15) is 5.10 Å². The van der Waals surface area contributed by atoms with E-state index in [0.717, 1.165) is 5.56 Å². The lowest BCUT2D eigenvalue weighted by Crippen LogP contribution is -2.41. The largest absolute Gasteiger partial charge is 0.350 e. The molecule has 2 unspecified atom stereocenters. The van der Waals surface area contributed by atoms with Crippen LogP contribution in [0.5, 0.6) is 0 Å². The van der Waals surface area contributed by atoms with Crippen molar-refractivity contribution in [1.29, 1.82) is 0 Å². The van der Waals surface area contributed by atoms with Crippen molar-refractivity contribution in [1.82, 2.24) is 29.6 Å². The normalized spacial score (nSPS) is 13.6. The van der Waals surface area contributed by atoms with Gasteiger partial charge in [-0.3, -0.25) is 14.2 Å². The van der Waals surface area contributed by atoms with Gasteiger partial charge in [0.05, 0.1) is 23.3 Å². The standard InChI is InChI=1S/C17H20N6O2/c1-11-5-4-6-14-16(11)19-10-22(17(14)25)7-15(24)21-12(2)13(3)23-9-18-8-20-23/h4-6,8-10,12-13H,7H2,1-3H3,(H,21,24). The van der Waals surface area contributed by atoms with Crippen LogP contribution in [0.1, 0.15) is 25.5 Å². The molecular formula is C17H20N6O2. The summed E-state index contributed by atoms with van der Waals surface area (Å²) < 4.78 is 3.00. The van der Waals surface area contributed by atoms with Crippen molar-refractivity contribution in [3.63, 3.8) is 0 Å². The van der Waals surface area contributed by atoms with Gasteiger partial charge in [-0.05, 0) is 32.4 Å². The van der Waals surface area contributed by atoms with Gasteiger partial charge in [0.15, 0.2) is 0 Å². The lowest BCUT2D eigenvalue weighted by atomic mass is 10.1. The summed E-state index contributed by atoms with van der Waals surface area (Å²) >= 11 is 0. The Bertz CT molecular complexity index is 947. The number of aryl methyl sites for hydroxylation is 1. The second-order valence-corrected chi connectivity index (χ2v) is 6.12. The minimum absolute atomic E-state index is 0.0550. The molecule has 1 aromatic carbocycles. The van der Waals surface area contributed by atoms with E-state index in [4.69, 9.17) is 0 Å². The van der Waals surface area contributed by atoms with Crippen LogP contribution in [0.25, 0.3) is 10.9 Å². The number of fused-ring (bicyclic) bond motifs is 1. The predicted molar refractivity (Wildman–Crippen MR) is 93.1 cm³/mol. The molecule has 0 bridgehead atoms. The number of carbonyl (C=O) groups excluding carboxylic acids is 1. The zero-order chi connectivity index (χ0) is 18.0. The Hall–Kier alpha value is -3.03. The van der Waals surface area contributed by atoms with E-state index in [1.54, 1.807) is 17.1 Å². The van der Waals surface area contributed by atoms with Gasteiger partial charge in [-0.1, -0.05) is 12.1 Å². The van der Waals surface area contributed by atoms with Crippen LogP contribution in [-0.4, -0.2) is 36.3 Å². The first-order valence-corrected chi connectivity index (χ1v) is 8.05. The molecule has 1 N–H and O–H groups in total. The van der Waals surface area contributed by atoms with E-state index in [-0.39, 0.29) is 30.1 Å². The van der Waals surface area contributed by atoms with Crippen molar-refractivity contribution < 1.29 is 4.79 Å². The topological polar surface area (TPSA) is 94.7 Å². The Balaban J connectivity index is 1.74. The number of amides is 1. The highest BCUT2D eigenvalue weighted by molar-refractivity contribution is 5.81. The lowest BCUT2D eigenvalue weighted by molar-refractivity contribution is -0.122. The molecule has 0 aliphatic heterocycles. The second kappa shape index (κ2) is 6.84. The Kier molecular flexibility index (Phi) is 4.60. The molecule has 0 aliphatic carbocycles. The summed E-state index contributed by atoms with van der Waals surface area (Å²) in [7, 11) is 0. The fourth-order valence-corrected chi connectivity index (χ4v) is 2.68. The van der Waals surface area contributed by atoms with E-state index in [9.17, 15) is 9.59 Å². The van der Waals surface area contributed by atoms with Gasteiger partial charge in [0, 0.05) is 6.04 Å². The fraction of sp³-hybridized carbons (Fsp3) is 0.353. The molecular weight excluding hydrogens is 320 g/mol. The maximum absolute atomic E-state index is 12.5. The Morgan fingerprint density at radius 3 is 2.80 bits per heavy atom. The zero-order valence-electron chi connectivity index (χ0n) is 14.4. The van der Waals surface area contributed by atoms with Crippen LogP contribution in [0.3, 0.4) is 0 Å². The number of rotatable bonds is 5. The summed E-state index contributed by atoms with van der Waals surface area (Å²) in [5.74, 6) is -0.254. The number of benzene rings is 1. The smallest absolute Gasteiger partial charge is 0.261 e. The van der Waals surface area contributed by atoms with E-state index in [0.29, 0.717) is 10.9 Å². The summed E-state index contributed by atoms with van der Waals surface area (Å²) in [6.07, 6.45) is 4.48. The molecule has 0 aliphatic rings. The average Bonchev–Trinajstić information content (AvgIpc) is 3.11. The fourth-order valence-electron chi connectivity index (χ4n) is 2.68. The highest BCUT2D eigenvalue weighted by atomic mass is 16.2. The summed E-state index contributed by atoms with van der Waals surface area (Å²) in [6.45, 7) is 5.64. The Morgan fingerprint density at radius 1 is 1.28 bits per heavy atom. The van der Waals surface area contributed by atoms with Gasteiger partial charge in [-0.15, -0.1) is 0 Å². The maximum atomic E-state index is 12.5. The van der Waals surface area contributed by atoms with Crippen LogP contribution in [0.15, 0.2) is 42.0 Å². The number of hydrogen-bond acceptors (Lipinski definition) is 5. The third-order valence-electron chi connectivity index (χ3n) is 4.34. The number of aromatic nitrogens is 5. The maximum Gasteiger partial charge on any atom is 0.261 e. The van der Waals surface area contributed by atoms with E-state index in [2.05, 4.69) is 20.4 Å². The highest BCUT2D eigenvalue weighted by Crippen LogP contribution is 2.11. The lowest BCUT2D eigenvalue weighted by Gasteiger charge is -2.21. The minimum atomic E-state index is -0.254. The molecule has 8 heteroatoms. The summed E-state index contributed by atoms with van der Waals surface area (Å²) in [5.41, 5.74) is 1.37. The molecule has 2 heterocycles. The highest BCUT2D eigenvalue weighted by Gasteiger charge is 2.17. The molecule has 0 saturated carbocycles. The molecule has 130 valence electrons. The van der Waals surface area contributed by atoms with Crippen molar-refractivity contribution >= 4 is 16.8 Å². The average molecular weight is 340 g/mol. The first-order valence-electron chi connectivity index (χ1n) is 8.05. The number of para-hydroxylation sites is 1. The molecule has 2 aromatic heterocycles. The Labute approximate surface area is 144 Å². The molecule has 8 nitrogen and oxygen atoms in total. The summed E-state index contributed by atoms with van der Waals surface area (Å²) in [6, 6.07) is 5.22. The third kappa shape index (κ3) is 3.42. The van der Waals surface area contributed by atoms with Crippen LogP contribution in [0, 0.1) is 6.92 Å². The van der Waals surface area contributed by atoms with Crippen LogP contribution < -0.4 is 10.9 Å². The third-order valence-corrected chi connectivity index (χ3v) is 4.34. The monoisotopic (exact) mass is 340 g/mol. The van der Waals surface area contributed by atoms with E-state index < -0.39 is 0 Å². The van der Waals surface area contributed by atoms with Crippen molar-refractivity contribution in [2.75, 3.05) is 0 Å². The van der Waals surface area contributed by atoms with E-state index >= 15 is 0 Å². The molecule has 0 spiro atoms. The molecule has 3 aromatic rings. The molecule has 25 heavy (non-hydrogen) atoms. The molecule has 2 atom stereocenters. The van der Waals surface area contributed by atoms with Crippen molar-refractivity contribution in [3.8, 4) is 0 Å². The minimum Gasteiger partial charge on any atom is -0.350 e. The SMILES string of the molecule is Cc1cccc2c(=O)n(CC(=O)NC(C)C(C)n3cncn3)cnc12. The van der Waals surface area contributed by atoms with Gasteiger partial charge in [0.25, 0.3) is 5.56 Å². The summed E-state index contributed by atoms with van der Waals surface area (Å²) in [4.78, 5) is 33.1.